The summed E-state index contributed by atoms with van der Waals surface area (Å²) in [5.74, 6) is 0.0900. The number of nitrogens with zero attached hydrogens (tertiary/aromatic N) is 1. The zero-order valence-corrected chi connectivity index (χ0v) is 10.8. The van der Waals surface area contributed by atoms with Gasteiger partial charge in [-0.1, -0.05) is 20.8 Å². The average molecular weight is 233 g/mol. The summed E-state index contributed by atoms with van der Waals surface area (Å²) >= 11 is 1.70. The summed E-state index contributed by atoms with van der Waals surface area (Å²) in [4.78, 5) is 15.9. The van der Waals surface area contributed by atoms with E-state index in [1.807, 2.05) is 18.2 Å². The van der Waals surface area contributed by atoms with E-state index in [1.54, 1.807) is 18.3 Å². The van der Waals surface area contributed by atoms with Crippen molar-refractivity contribution in [1.82, 2.24) is 4.98 Å². The van der Waals surface area contributed by atoms with Gasteiger partial charge in [0.2, 0.25) is 0 Å². The van der Waals surface area contributed by atoms with Gasteiger partial charge in [0, 0.05) is 11.0 Å². The molecule has 0 saturated heterocycles. The number of hydrogen-bond donors (Lipinski definition) is 0. The van der Waals surface area contributed by atoms with Gasteiger partial charge in [0.15, 0.2) is 5.78 Å². The van der Waals surface area contributed by atoms with E-state index in [0.717, 1.165) is 20.8 Å². The Morgan fingerprint density at radius 1 is 1.31 bits per heavy atom. The largest absolute Gasteiger partial charge is 0.295 e. The molecule has 3 heteroatoms. The molecule has 0 aliphatic carbocycles. The molecule has 16 heavy (non-hydrogen) atoms. The van der Waals surface area contributed by atoms with E-state index in [9.17, 15) is 4.79 Å². The third kappa shape index (κ3) is 2.00. The van der Waals surface area contributed by atoms with Gasteiger partial charge in [-0.05, 0) is 25.1 Å². The fraction of sp³-hybridized carbons (Fsp3) is 0.385. The van der Waals surface area contributed by atoms with E-state index in [2.05, 4.69) is 25.8 Å². The van der Waals surface area contributed by atoms with Crippen LogP contribution in [0.5, 0.6) is 0 Å². The number of benzene rings is 1. The van der Waals surface area contributed by atoms with Crippen LogP contribution in [0.25, 0.3) is 10.2 Å². The van der Waals surface area contributed by atoms with E-state index >= 15 is 0 Å². The third-order valence-electron chi connectivity index (χ3n) is 2.44. The minimum atomic E-state index is 0.0695. The maximum Gasteiger partial charge on any atom is 0.159 e. The molecule has 0 spiro atoms. The Labute approximate surface area is 99.3 Å². The molecular weight excluding hydrogens is 218 g/mol. The molecule has 84 valence electrons. The van der Waals surface area contributed by atoms with Gasteiger partial charge in [-0.2, -0.15) is 0 Å². The third-order valence-corrected chi connectivity index (χ3v) is 3.90. The topological polar surface area (TPSA) is 30.0 Å². The molecule has 2 aromatic rings. The monoisotopic (exact) mass is 233 g/mol. The maximum atomic E-state index is 11.3. The molecule has 0 aliphatic heterocycles. The quantitative estimate of drug-likeness (QED) is 0.701. The first-order valence-corrected chi connectivity index (χ1v) is 6.11. The number of fused-ring (bicyclic) bond motifs is 1. The fourth-order valence-electron chi connectivity index (χ4n) is 1.47. The zero-order valence-electron chi connectivity index (χ0n) is 10.00. The Bertz CT molecular complexity index is 549. The Kier molecular flexibility index (Phi) is 2.58. The van der Waals surface area contributed by atoms with E-state index < -0.39 is 0 Å². The molecule has 2 rings (SSSR count). The summed E-state index contributed by atoms with van der Waals surface area (Å²) in [7, 11) is 0. The first-order chi connectivity index (χ1) is 7.38. The lowest BCUT2D eigenvalue weighted by molar-refractivity contribution is 0.101. The van der Waals surface area contributed by atoms with E-state index in [0.29, 0.717) is 0 Å². The molecule has 1 aromatic heterocycles. The van der Waals surface area contributed by atoms with Gasteiger partial charge in [0.05, 0.1) is 15.2 Å². The van der Waals surface area contributed by atoms with Crippen molar-refractivity contribution >= 4 is 27.3 Å². The standard InChI is InChI=1S/C13H15NOS/c1-8(15)9-5-6-11-10(7-9)14-12(16-11)13(2,3)4/h5-7H,1-4H3. The second-order valence-corrected chi connectivity index (χ2v) is 6.04. The number of hydrogen-bond acceptors (Lipinski definition) is 3. The van der Waals surface area contributed by atoms with Crippen molar-refractivity contribution in [3.8, 4) is 0 Å². The Morgan fingerprint density at radius 3 is 2.56 bits per heavy atom. The molecule has 0 fully saturated rings. The molecule has 1 aromatic carbocycles. The van der Waals surface area contributed by atoms with Crippen LogP contribution in [0.1, 0.15) is 43.1 Å². The van der Waals surface area contributed by atoms with Crippen LogP contribution < -0.4 is 0 Å². The average Bonchev–Trinajstić information content (AvgIpc) is 2.58. The van der Waals surface area contributed by atoms with Crippen molar-refractivity contribution in [2.75, 3.05) is 0 Å². The van der Waals surface area contributed by atoms with Crippen LogP contribution in [0.15, 0.2) is 18.2 Å². The van der Waals surface area contributed by atoms with Crippen LogP contribution in [0.4, 0.5) is 0 Å². The number of rotatable bonds is 1. The van der Waals surface area contributed by atoms with Crippen molar-refractivity contribution in [2.24, 2.45) is 0 Å². The molecule has 0 N–H and O–H groups in total. The molecule has 0 saturated carbocycles. The molecule has 0 unspecified atom stereocenters. The molecule has 2 nitrogen and oxygen atoms in total. The summed E-state index contributed by atoms with van der Waals surface area (Å²) in [6.07, 6.45) is 0. The van der Waals surface area contributed by atoms with Gasteiger partial charge in [-0.25, -0.2) is 4.98 Å². The number of carbonyl (C=O) groups is 1. The maximum absolute atomic E-state index is 11.3. The van der Waals surface area contributed by atoms with Crippen LogP contribution in [-0.4, -0.2) is 10.8 Å². The van der Waals surface area contributed by atoms with Gasteiger partial charge in [-0.15, -0.1) is 11.3 Å². The van der Waals surface area contributed by atoms with Crippen molar-refractivity contribution in [3.63, 3.8) is 0 Å². The predicted molar refractivity (Wildman–Crippen MR) is 68.3 cm³/mol. The SMILES string of the molecule is CC(=O)c1ccc2sc(C(C)(C)C)nc2c1. The predicted octanol–water partition coefficient (Wildman–Crippen LogP) is 3.80. The smallest absolute Gasteiger partial charge is 0.159 e. The second kappa shape index (κ2) is 3.67. The van der Waals surface area contributed by atoms with Crippen molar-refractivity contribution in [1.29, 1.82) is 0 Å². The normalized spacial score (nSPS) is 12.0. The van der Waals surface area contributed by atoms with E-state index in [4.69, 9.17) is 0 Å². The number of carbonyl (C=O) groups excluding carboxylic acids is 1. The number of thiazole rings is 1. The summed E-state index contributed by atoms with van der Waals surface area (Å²) < 4.78 is 1.15. The summed E-state index contributed by atoms with van der Waals surface area (Å²) in [6.45, 7) is 8.03. The fourth-order valence-corrected chi connectivity index (χ4v) is 2.47. The molecule has 0 radical (unpaired) electrons. The Hall–Kier alpha value is -1.22. The minimum absolute atomic E-state index is 0.0695. The van der Waals surface area contributed by atoms with Gasteiger partial charge in [-0.3, -0.25) is 4.79 Å². The second-order valence-electron chi connectivity index (χ2n) is 5.01. The van der Waals surface area contributed by atoms with Gasteiger partial charge in [0.1, 0.15) is 0 Å². The Balaban J connectivity index is 2.59. The molecule has 0 amide bonds. The van der Waals surface area contributed by atoms with E-state index in [-0.39, 0.29) is 11.2 Å². The molecule has 0 bridgehead atoms. The lowest BCUT2D eigenvalue weighted by Crippen LogP contribution is -2.09. The van der Waals surface area contributed by atoms with Crippen LogP contribution in [0.2, 0.25) is 0 Å². The van der Waals surface area contributed by atoms with Crippen molar-refractivity contribution in [2.45, 2.75) is 33.1 Å². The van der Waals surface area contributed by atoms with Crippen LogP contribution in [0.3, 0.4) is 0 Å². The van der Waals surface area contributed by atoms with Crippen molar-refractivity contribution < 1.29 is 4.79 Å². The summed E-state index contributed by atoms with van der Waals surface area (Å²) in [5, 5.41) is 1.11. The number of aromatic nitrogens is 1. The van der Waals surface area contributed by atoms with E-state index in [1.165, 1.54) is 0 Å². The highest BCUT2D eigenvalue weighted by Crippen LogP contribution is 2.31. The highest BCUT2D eigenvalue weighted by molar-refractivity contribution is 7.18. The van der Waals surface area contributed by atoms with Crippen LogP contribution in [-0.2, 0) is 5.41 Å². The lowest BCUT2D eigenvalue weighted by atomic mass is 9.98. The van der Waals surface area contributed by atoms with Gasteiger partial charge in [0.25, 0.3) is 0 Å². The first kappa shape index (κ1) is 11.3. The van der Waals surface area contributed by atoms with Crippen LogP contribution >= 0.6 is 11.3 Å². The minimum Gasteiger partial charge on any atom is -0.295 e. The molecule has 0 aliphatic rings. The summed E-state index contributed by atoms with van der Waals surface area (Å²) in [5.41, 5.74) is 1.74. The number of ketones is 1. The van der Waals surface area contributed by atoms with Gasteiger partial charge < -0.3 is 0 Å². The Morgan fingerprint density at radius 2 is 2.00 bits per heavy atom. The highest BCUT2D eigenvalue weighted by atomic mass is 32.1. The lowest BCUT2D eigenvalue weighted by Gasteiger charge is -2.13. The first-order valence-electron chi connectivity index (χ1n) is 5.30. The molecule has 1 heterocycles. The highest BCUT2D eigenvalue weighted by Gasteiger charge is 2.18. The zero-order chi connectivity index (χ0) is 11.9. The van der Waals surface area contributed by atoms with Crippen molar-refractivity contribution in [3.05, 3.63) is 28.8 Å². The summed E-state index contributed by atoms with van der Waals surface area (Å²) in [6, 6.07) is 5.73. The van der Waals surface area contributed by atoms with Gasteiger partial charge >= 0.3 is 0 Å². The van der Waals surface area contributed by atoms with Crippen LogP contribution in [0, 0.1) is 0 Å². The molecular formula is C13H15NOS. The number of Topliss-reactive ketones (excluding diaryl/α,β-unsaturated/α-hetero) is 1. The molecule has 0 atom stereocenters.